The molecular weight excluding hydrogens is 428 g/mol. The molecule has 1 unspecified atom stereocenters. The zero-order valence-electron chi connectivity index (χ0n) is 19.8. The number of aliphatic hydroxyl groups excluding tert-OH is 1. The first-order chi connectivity index (χ1) is 16.3. The van der Waals surface area contributed by atoms with E-state index in [1.165, 1.54) is 4.90 Å². The number of hydrogen-bond donors (Lipinski definition) is 1. The number of aryl methyl sites for hydroxylation is 1. The van der Waals surface area contributed by atoms with E-state index >= 15 is 0 Å². The zero-order chi connectivity index (χ0) is 24.4. The number of rotatable bonds is 6. The van der Waals surface area contributed by atoms with Crippen molar-refractivity contribution in [3.63, 3.8) is 0 Å². The van der Waals surface area contributed by atoms with E-state index < -0.39 is 17.7 Å². The van der Waals surface area contributed by atoms with Crippen LogP contribution >= 0.6 is 0 Å². The maximum atomic E-state index is 13.3. The van der Waals surface area contributed by atoms with Crippen LogP contribution in [0.5, 0.6) is 5.75 Å². The number of carbonyl (C=O) groups excluding carboxylic acids is 2. The lowest BCUT2D eigenvalue weighted by atomic mass is 9.92. The summed E-state index contributed by atoms with van der Waals surface area (Å²) in [5.74, 6) is -0.543. The van der Waals surface area contributed by atoms with Crippen molar-refractivity contribution in [2.24, 2.45) is 0 Å². The second-order valence-corrected chi connectivity index (χ2v) is 8.79. The molecule has 6 heteroatoms. The van der Waals surface area contributed by atoms with Gasteiger partial charge in [0.1, 0.15) is 11.5 Å². The summed E-state index contributed by atoms with van der Waals surface area (Å²) in [6.45, 7) is 6.25. The molecule has 1 atom stereocenters. The highest BCUT2D eigenvalue weighted by Crippen LogP contribution is 2.41. The van der Waals surface area contributed by atoms with Crippen LogP contribution in [0.4, 0.5) is 0 Å². The molecule has 3 aromatic rings. The van der Waals surface area contributed by atoms with E-state index in [1.54, 1.807) is 43.8 Å². The van der Waals surface area contributed by atoms with Crippen LogP contribution in [0.15, 0.2) is 72.6 Å². The van der Waals surface area contributed by atoms with E-state index in [2.05, 4.69) is 18.8 Å². The van der Waals surface area contributed by atoms with Crippen molar-refractivity contribution in [3.8, 4) is 5.75 Å². The van der Waals surface area contributed by atoms with Crippen molar-refractivity contribution >= 4 is 17.4 Å². The van der Waals surface area contributed by atoms with Gasteiger partial charge >= 0.3 is 0 Å². The van der Waals surface area contributed by atoms with Crippen LogP contribution < -0.4 is 4.74 Å². The highest BCUT2D eigenvalue weighted by molar-refractivity contribution is 6.46. The third kappa shape index (κ3) is 4.31. The number of benzene rings is 2. The number of nitrogens with zero attached hydrogens (tertiary/aromatic N) is 2. The lowest BCUT2D eigenvalue weighted by Gasteiger charge is -2.26. The number of ether oxygens (including phenoxy) is 1. The molecule has 174 valence electrons. The Hall–Kier alpha value is -3.93. The van der Waals surface area contributed by atoms with Gasteiger partial charge in [-0.3, -0.25) is 14.6 Å². The zero-order valence-corrected chi connectivity index (χ0v) is 19.8. The van der Waals surface area contributed by atoms with E-state index in [4.69, 9.17) is 4.74 Å². The number of pyridine rings is 1. The van der Waals surface area contributed by atoms with Crippen molar-refractivity contribution in [2.45, 2.75) is 39.3 Å². The summed E-state index contributed by atoms with van der Waals surface area (Å²) in [5.41, 5.74) is 4.03. The average molecular weight is 457 g/mol. The number of aliphatic hydroxyl groups is 1. The molecule has 0 radical (unpaired) electrons. The van der Waals surface area contributed by atoms with E-state index in [0.29, 0.717) is 17.2 Å². The van der Waals surface area contributed by atoms with Gasteiger partial charge in [0.2, 0.25) is 0 Å². The summed E-state index contributed by atoms with van der Waals surface area (Å²) >= 11 is 0. The van der Waals surface area contributed by atoms with E-state index in [9.17, 15) is 14.7 Å². The van der Waals surface area contributed by atoms with Crippen LogP contribution in [0.2, 0.25) is 0 Å². The lowest BCUT2D eigenvalue weighted by Crippen LogP contribution is -2.29. The first-order valence-electron chi connectivity index (χ1n) is 11.2. The van der Waals surface area contributed by atoms with Crippen LogP contribution in [0.3, 0.4) is 0 Å². The largest absolute Gasteiger partial charge is 0.507 e. The Balaban J connectivity index is 1.87. The summed E-state index contributed by atoms with van der Waals surface area (Å²) in [6.07, 6.45) is 3.33. The van der Waals surface area contributed by atoms with Gasteiger partial charge in [0.25, 0.3) is 11.7 Å². The number of likely N-dealkylation sites (tertiary alicyclic amines) is 1. The van der Waals surface area contributed by atoms with Crippen molar-refractivity contribution in [2.75, 3.05) is 7.11 Å². The van der Waals surface area contributed by atoms with Crippen molar-refractivity contribution < 1.29 is 19.4 Å². The molecule has 4 rings (SSSR count). The van der Waals surface area contributed by atoms with Crippen LogP contribution in [0, 0.1) is 6.92 Å². The Kier molecular flexibility index (Phi) is 6.50. The molecule has 1 N–H and O–H groups in total. The number of amides is 1. The van der Waals surface area contributed by atoms with E-state index in [-0.39, 0.29) is 17.9 Å². The molecule has 34 heavy (non-hydrogen) atoms. The number of hydrogen-bond acceptors (Lipinski definition) is 5. The molecule has 0 bridgehead atoms. The van der Waals surface area contributed by atoms with Gasteiger partial charge in [0, 0.05) is 24.5 Å². The number of methoxy groups -OCH3 is 1. The minimum Gasteiger partial charge on any atom is -0.507 e. The molecular formula is C28H28N2O4. The van der Waals surface area contributed by atoms with E-state index in [1.807, 2.05) is 37.3 Å². The second kappa shape index (κ2) is 9.51. The summed E-state index contributed by atoms with van der Waals surface area (Å²) in [6, 6.07) is 16.0. The van der Waals surface area contributed by atoms with Gasteiger partial charge in [-0.2, -0.15) is 0 Å². The molecule has 1 aromatic heterocycles. The van der Waals surface area contributed by atoms with E-state index in [0.717, 1.165) is 22.3 Å². The molecule has 1 fully saturated rings. The van der Waals surface area contributed by atoms with Crippen LogP contribution in [0.25, 0.3) is 5.76 Å². The fourth-order valence-electron chi connectivity index (χ4n) is 4.32. The minimum atomic E-state index is -0.720. The molecule has 2 heterocycles. The maximum Gasteiger partial charge on any atom is 0.295 e. The van der Waals surface area contributed by atoms with Gasteiger partial charge in [-0.15, -0.1) is 0 Å². The molecule has 1 aliphatic heterocycles. The topological polar surface area (TPSA) is 79.7 Å². The Morgan fingerprint density at radius 3 is 2.44 bits per heavy atom. The number of aromatic nitrogens is 1. The first-order valence-corrected chi connectivity index (χ1v) is 11.2. The smallest absolute Gasteiger partial charge is 0.295 e. The maximum absolute atomic E-state index is 13.3. The number of carbonyl (C=O) groups is 2. The standard InChI is InChI=1S/C28H28N2O4/c1-17(2)20-7-9-21(10-8-20)25-24(26(31)23-12-11-22(34-4)14-18(23)3)27(32)28(33)30(25)16-19-6-5-13-29-15-19/h5-15,17,25,31H,16H2,1-4H3/b26-24-. The molecule has 0 aliphatic carbocycles. The monoisotopic (exact) mass is 456 g/mol. The molecule has 6 nitrogen and oxygen atoms in total. The van der Waals surface area contributed by atoms with Gasteiger partial charge < -0.3 is 14.7 Å². The van der Waals surface area contributed by atoms with Crippen molar-refractivity contribution in [1.29, 1.82) is 0 Å². The number of ketones is 1. The van der Waals surface area contributed by atoms with Crippen LogP contribution in [-0.2, 0) is 16.1 Å². The van der Waals surface area contributed by atoms with Gasteiger partial charge in [0.15, 0.2) is 0 Å². The minimum absolute atomic E-state index is 0.0828. The van der Waals surface area contributed by atoms with Crippen LogP contribution in [0.1, 0.15) is 53.6 Å². The third-order valence-electron chi connectivity index (χ3n) is 6.22. The Morgan fingerprint density at radius 2 is 1.85 bits per heavy atom. The highest BCUT2D eigenvalue weighted by atomic mass is 16.5. The predicted octanol–water partition coefficient (Wildman–Crippen LogP) is 5.14. The first kappa shape index (κ1) is 23.2. The summed E-state index contributed by atoms with van der Waals surface area (Å²) < 4.78 is 5.26. The summed E-state index contributed by atoms with van der Waals surface area (Å²) in [4.78, 5) is 32.1. The van der Waals surface area contributed by atoms with Crippen LogP contribution in [-0.4, -0.2) is 33.8 Å². The SMILES string of the molecule is COc1ccc(/C(O)=C2/C(=O)C(=O)N(Cc3cccnc3)C2c2ccc(C(C)C)cc2)c(C)c1. The molecule has 1 aliphatic rings. The fraction of sp³-hybridized carbons (Fsp3) is 0.250. The predicted molar refractivity (Wildman–Crippen MR) is 130 cm³/mol. The Bertz CT molecular complexity index is 1250. The molecule has 1 saturated heterocycles. The van der Waals surface area contributed by atoms with Gasteiger partial charge in [0.05, 0.1) is 18.7 Å². The van der Waals surface area contributed by atoms with Crippen molar-refractivity contribution in [3.05, 3.63) is 100 Å². The molecule has 1 amide bonds. The third-order valence-corrected chi connectivity index (χ3v) is 6.22. The average Bonchev–Trinajstić information content (AvgIpc) is 3.09. The Labute approximate surface area is 199 Å². The molecule has 0 spiro atoms. The summed E-state index contributed by atoms with van der Waals surface area (Å²) in [5, 5.41) is 11.3. The fourth-order valence-corrected chi connectivity index (χ4v) is 4.32. The lowest BCUT2D eigenvalue weighted by molar-refractivity contribution is -0.140. The van der Waals surface area contributed by atoms with Gasteiger partial charge in [-0.1, -0.05) is 44.2 Å². The van der Waals surface area contributed by atoms with Gasteiger partial charge in [-0.05, 0) is 59.4 Å². The summed E-state index contributed by atoms with van der Waals surface area (Å²) in [7, 11) is 1.57. The Morgan fingerprint density at radius 1 is 1.12 bits per heavy atom. The number of Topliss-reactive ketones (excluding diaryl/α,β-unsaturated/α-hetero) is 1. The second-order valence-electron chi connectivity index (χ2n) is 8.79. The van der Waals surface area contributed by atoms with Crippen molar-refractivity contribution in [1.82, 2.24) is 9.88 Å². The normalized spacial score (nSPS) is 17.4. The van der Waals surface area contributed by atoms with Gasteiger partial charge in [-0.25, -0.2) is 0 Å². The molecule has 2 aromatic carbocycles. The highest BCUT2D eigenvalue weighted by Gasteiger charge is 2.46. The molecule has 0 saturated carbocycles. The quantitative estimate of drug-likeness (QED) is 0.315.